The van der Waals surface area contributed by atoms with Gasteiger partial charge in [0.1, 0.15) is 10.7 Å². The lowest BCUT2D eigenvalue weighted by Gasteiger charge is -2.07. The number of benzene rings is 2. The van der Waals surface area contributed by atoms with Crippen molar-refractivity contribution < 1.29 is 14.3 Å². The van der Waals surface area contributed by atoms with Crippen molar-refractivity contribution in [3.63, 3.8) is 0 Å². The fourth-order valence-corrected chi connectivity index (χ4v) is 3.28. The highest BCUT2D eigenvalue weighted by Crippen LogP contribution is 2.37. The van der Waals surface area contributed by atoms with Gasteiger partial charge < -0.3 is 5.11 Å². The number of nitrogens with zero attached hydrogens (tertiary/aromatic N) is 1. The number of hydrogen-bond acceptors (Lipinski definition) is 2. The highest BCUT2D eigenvalue weighted by molar-refractivity contribution is 7.17. The Morgan fingerprint density at radius 1 is 1.12 bits per heavy atom. The Morgan fingerprint density at radius 3 is 2.38 bits per heavy atom. The molecule has 0 atom stereocenters. The zero-order chi connectivity index (χ0) is 17.3. The maximum atomic E-state index is 13.7. The van der Waals surface area contributed by atoms with Gasteiger partial charge >= 0.3 is 5.97 Å². The second-order valence-corrected chi connectivity index (χ2v) is 6.35. The van der Waals surface area contributed by atoms with Crippen LogP contribution in [0.25, 0.3) is 26.4 Å². The van der Waals surface area contributed by atoms with Gasteiger partial charge in [0.2, 0.25) is 0 Å². The zero-order valence-electron chi connectivity index (χ0n) is 12.7. The molecule has 3 nitrogen and oxygen atoms in total. The van der Waals surface area contributed by atoms with Crippen molar-refractivity contribution in [1.82, 2.24) is 0 Å². The number of thiophene rings is 1. The Labute approximate surface area is 142 Å². The average molecular weight is 337 g/mol. The molecule has 0 radical (unpaired) electrons. The molecular formula is C19H12FNO2S. The summed E-state index contributed by atoms with van der Waals surface area (Å²) in [6.45, 7) is 9.41. The summed E-state index contributed by atoms with van der Waals surface area (Å²) in [6, 6.07) is 14.3. The van der Waals surface area contributed by atoms with Crippen LogP contribution in [-0.4, -0.2) is 11.1 Å². The Kier molecular flexibility index (Phi) is 4.15. The Morgan fingerprint density at radius 2 is 1.79 bits per heavy atom. The summed E-state index contributed by atoms with van der Waals surface area (Å²) in [4.78, 5) is 14.7. The molecule has 0 aliphatic heterocycles. The molecule has 3 rings (SSSR count). The number of carboxylic acids is 1. The van der Waals surface area contributed by atoms with E-state index in [-0.39, 0.29) is 4.88 Å². The van der Waals surface area contributed by atoms with Gasteiger partial charge in [0.15, 0.2) is 5.69 Å². The van der Waals surface area contributed by atoms with E-state index in [9.17, 15) is 9.18 Å². The molecule has 24 heavy (non-hydrogen) atoms. The van der Waals surface area contributed by atoms with Crippen molar-refractivity contribution in [3.05, 3.63) is 76.2 Å². The van der Waals surface area contributed by atoms with Crippen LogP contribution >= 0.6 is 11.3 Å². The minimum absolute atomic E-state index is 0.322. The summed E-state index contributed by atoms with van der Waals surface area (Å²) < 4.78 is 13.7. The molecule has 0 aliphatic carbocycles. The first-order valence-electron chi connectivity index (χ1n) is 7.11. The van der Waals surface area contributed by atoms with Gasteiger partial charge in [-0.2, -0.15) is 0 Å². The number of aryl methyl sites for hydroxylation is 1. The SMILES string of the molecule is [C-]#[N+]c1cc(-c2cc(F)c(C(=O)O)s2)ccc1-c1ccc(C)cc1. The van der Waals surface area contributed by atoms with Crippen LogP contribution in [0.5, 0.6) is 0 Å². The second-order valence-electron chi connectivity index (χ2n) is 5.30. The topological polar surface area (TPSA) is 41.7 Å². The molecule has 2 aromatic carbocycles. The van der Waals surface area contributed by atoms with Crippen molar-refractivity contribution in [2.45, 2.75) is 6.92 Å². The molecule has 3 aromatic rings. The third kappa shape index (κ3) is 2.92. The van der Waals surface area contributed by atoms with Crippen LogP contribution in [0.15, 0.2) is 48.5 Å². The second kappa shape index (κ2) is 6.26. The van der Waals surface area contributed by atoms with Crippen molar-refractivity contribution >= 4 is 23.0 Å². The molecule has 0 fully saturated rings. The van der Waals surface area contributed by atoms with E-state index in [4.69, 9.17) is 11.7 Å². The number of carboxylic acid groups (broad SMARTS) is 1. The van der Waals surface area contributed by atoms with E-state index in [0.717, 1.165) is 28.0 Å². The molecule has 0 unspecified atom stereocenters. The summed E-state index contributed by atoms with van der Waals surface area (Å²) in [5, 5.41) is 8.96. The average Bonchev–Trinajstić information content (AvgIpc) is 2.97. The zero-order valence-corrected chi connectivity index (χ0v) is 13.5. The molecule has 0 bridgehead atoms. The predicted octanol–water partition coefficient (Wildman–Crippen LogP) is 5.78. The highest BCUT2D eigenvalue weighted by Gasteiger charge is 2.17. The van der Waals surface area contributed by atoms with Gasteiger partial charge in [-0.15, -0.1) is 11.3 Å². The molecule has 5 heteroatoms. The van der Waals surface area contributed by atoms with Crippen molar-refractivity contribution in [3.8, 4) is 21.6 Å². The molecule has 0 aliphatic rings. The van der Waals surface area contributed by atoms with Crippen LogP contribution in [0.3, 0.4) is 0 Å². The lowest BCUT2D eigenvalue weighted by atomic mass is 10.00. The number of halogens is 1. The minimum Gasteiger partial charge on any atom is -0.477 e. The van der Waals surface area contributed by atoms with Crippen molar-refractivity contribution in [2.75, 3.05) is 0 Å². The lowest BCUT2D eigenvalue weighted by Crippen LogP contribution is -1.93. The molecule has 1 heterocycles. The van der Waals surface area contributed by atoms with Crippen LogP contribution in [0.4, 0.5) is 10.1 Å². The predicted molar refractivity (Wildman–Crippen MR) is 93.1 cm³/mol. The Hall–Kier alpha value is -2.97. The monoisotopic (exact) mass is 337 g/mol. The Balaban J connectivity index is 2.07. The van der Waals surface area contributed by atoms with Crippen LogP contribution in [-0.2, 0) is 0 Å². The standard InChI is InChI=1S/C19H12FNO2S/c1-11-3-5-12(6-4-11)14-8-7-13(9-16(14)21-2)17-10-15(20)18(24-17)19(22)23/h3-10H,1H3,(H,22,23). The summed E-state index contributed by atoms with van der Waals surface area (Å²) in [5.41, 5.74) is 3.94. The minimum atomic E-state index is -1.29. The maximum absolute atomic E-state index is 13.7. The fourth-order valence-electron chi connectivity index (χ4n) is 2.41. The maximum Gasteiger partial charge on any atom is 0.348 e. The quantitative estimate of drug-likeness (QED) is 0.616. The van der Waals surface area contributed by atoms with Crippen molar-refractivity contribution in [1.29, 1.82) is 0 Å². The molecule has 1 N–H and O–H groups in total. The molecule has 1 aromatic heterocycles. The number of aromatic carboxylic acids is 1. The Bertz CT molecular complexity index is 968. The normalized spacial score (nSPS) is 10.4. The largest absolute Gasteiger partial charge is 0.477 e. The molecule has 0 amide bonds. The summed E-state index contributed by atoms with van der Waals surface area (Å²) >= 11 is 0.866. The molecular weight excluding hydrogens is 325 g/mol. The first kappa shape index (κ1) is 15.9. The van der Waals surface area contributed by atoms with Gasteiger partial charge in [0, 0.05) is 4.88 Å². The van der Waals surface area contributed by atoms with Crippen LogP contribution < -0.4 is 0 Å². The molecule has 0 saturated heterocycles. The van der Waals surface area contributed by atoms with E-state index < -0.39 is 11.8 Å². The number of hydrogen-bond donors (Lipinski definition) is 1. The molecule has 118 valence electrons. The van der Waals surface area contributed by atoms with Crippen LogP contribution in [0, 0.1) is 19.3 Å². The first-order chi connectivity index (χ1) is 11.5. The summed E-state index contributed by atoms with van der Waals surface area (Å²) in [5.74, 6) is -2.04. The smallest absolute Gasteiger partial charge is 0.348 e. The van der Waals surface area contributed by atoms with Gasteiger partial charge in [0.25, 0.3) is 0 Å². The fraction of sp³-hybridized carbons (Fsp3) is 0.0526. The van der Waals surface area contributed by atoms with E-state index in [0.29, 0.717) is 16.1 Å². The van der Waals surface area contributed by atoms with E-state index in [2.05, 4.69) is 4.85 Å². The van der Waals surface area contributed by atoms with E-state index in [1.165, 1.54) is 6.07 Å². The number of carbonyl (C=O) groups is 1. The third-order valence-corrected chi connectivity index (χ3v) is 4.79. The molecule has 0 spiro atoms. The van der Waals surface area contributed by atoms with E-state index in [1.54, 1.807) is 12.1 Å². The first-order valence-corrected chi connectivity index (χ1v) is 7.93. The van der Waals surface area contributed by atoms with Crippen LogP contribution in [0.2, 0.25) is 0 Å². The third-order valence-electron chi connectivity index (χ3n) is 3.65. The lowest BCUT2D eigenvalue weighted by molar-refractivity contribution is 0.0697. The van der Waals surface area contributed by atoms with Gasteiger partial charge in [-0.05, 0) is 35.7 Å². The van der Waals surface area contributed by atoms with Crippen molar-refractivity contribution in [2.24, 2.45) is 0 Å². The number of rotatable bonds is 3. The summed E-state index contributed by atoms with van der Waals surface area (Å²) in [7, 11) is 0. The van der Waals surface area contributed by atoms with Gasteiger partial charge in [-0.25, -0.2) is 14.0 Å². The van der Waals surface area contributed by atoms with Crippen LogP contribution in [0.1, 0.15) is 15.2 Å². The van der Waals surface area contributed by atoms with Gasteiger partial charge in [0.05, 0.1) is 6.57 Å². The highest BCUT2D eigenvalue weighted by atomic mass is 32.1. The molecule has 0 saturated carbocycles. The van der Waals surface area contributed by atoms with E-state index in [1.807, 2.05) is 37.3 Å². The van der Waals surface area contributed by atoms with Gasteiger partial charge in [-0.1, -0.05) is 42.0 Å². The summed E-state index contributed by atoms with van der Waals surface area (Å²) in [6.07, 6.45) is 0. The van der Waals surface area contributed by atoms with Gasteiger partial charge in [-0.3, -0.25) is 0 Å². The van der Waals surface area contributed by atoms with E-state index >= 15 is 0 Å².